The maximum atomic E-state index is 12.9. The van der Waals surface area contributed by atoms with Gasteiger partial charge in [-0.3, -0.25) is 14.4 Å². The number of aryl methyl sites for hydroxylation is 1. The van der Waals surface area contributed by atoms with Gasteiger partial charge in [0.2, 0.25) is 0 Å². The van der Waals surface area contributed by atoms with Crippen LogP contribution in [0.2, 0.25) is 0 Å². The number of carbonyl (C=O) groups is 3. The molecule has 0 heterocycles. The Bertz CT molecular complexity index is 1090. The van der Waals surface area contributed by atoms with E-state index in [4.69, 9.17) is 9.84 Å². The number of rotatable bonds is 15. The minimum atomic E-state index is -0.983. The number of thioether (sulfide) groups is 1. The van der Waals surface area contributed by atoms with Gasteiger partial charge in [0.25, 0.3) is 0 Å². The van der Waals surface area contributed by atoms with Crippen molar-refractivity contribution in [3.05, 3.63) is 52.6 Å². The molecule has 0 aliphatic heterocycles. The molecule has 0 fully saturated rings. The number of aliphatic carboxylic acids is 1. The van der Waals surface area contributed by atoms with Gasteiger partial charge in [0.05, 0.1) is 18.6 Å². The summed E-state index contributed by atoms with van der Waals surface area (Å²) < 4.78 is 5.96. The Labute approximate surface area is 218 Å². The van der Waals surface area contributed by atoms with Crippen LogP contribution in [0.25, 0.3) is 0 Å². The Kier molecular flexibility index (Phi) is 11.0. The molecule has 0 bridgehead atoms. The van der Waals surface area contributed by atoms with Crippen LogP contribution in [-0.4, -0.2) is 40.1 Å². The van der Waals surface area contributed by atoms with Gasteiger partial charge in [-0.2, -0.15) is 0 Å². The minimum absolute atomic E-state index is 0.0154. The highest BCUT2D eigenvalue weighted by Crippen LogP contribution is 2.34. The van der Waals surface area contributed by atoms with E-state index in [9.17, 15) is 19.5 Å². The number of phenols is 1. The van der Waals surface area contributed by atoms with Crippen LogP contribution in [0.4, 0.5) is 0 Å². The van der Waals surface area contributed by atoms with Crippen molar-refractivity contribution < 1.29 is 29.3 Å². The number of phenolic OH excluding ortho intramolecular Hbond substituents is 1. The topological polar surface area (TPSA) is 101 Å². The predicted octanol–water partition coefficient (Wildman–Crippen LogP) is 6.74. The van der Waals surface area contributed by atoms with Gasteiger partial charge in [-0.25, -0.2) is 0 Å². The van der Waals surface area contributed by atoms with Crippen molar-refractivity contribution in [1.82, 2.24) is 0 Å². The van der Waals surface area contributed by atoms with Crippen molar-refractivity contribution in [3.8, 4) is 11.5 Å². The van der Waals surface area contributed by atoms with E-state index >= 15 is 0 Å². The molecule has 2 aromatic rings. The fourth-order valence-electron chi connectivity index (χ4n) is 4.13. The van der Waals surface area contributed by atoms with Gasteiger partial charge in [0.1, 0.15) is 11.5 Å². The molecule has 0 radical (unpaired) electrons. The normalized spacial score (nSPS) is 11.4. The molecular formula is C29H38O6S. The third kappa shape index (κ3) is 7.85. The lowest BCUT2D eigenvalue weighted by Crippen LogP contribution is -2.27. The lowest BCUT2D eigenvalue weighted by Gasteiger charge is -2.21. The fraction of sp³-hybridized carbons (Fsp3) is 0.483. The van der Waals surface area contributed by atoms with Gasteiger partial charge in [-0.15, -0.1) is 11.8 Å². The fourth-order valence-corrected chi connectivity index (χ4v) is 5.12. The van der Waals surface area contributed by atoms with E-state index in [0.717, 1.165) is 41.9 Å². The molecule has 0 saturated carbocycles. The zero-order valence-corrected chi connectivity index (χ0v) is 22.8. The Balaban J connectivity index is 2.03. The molecule has 7 heteroatoms. The molecule has 0 atom stereocenters. The summed E-state index contributed by atoms with van der Waals surface area (Å²) in [5, 5.41) is 19.6. The SMILES string of the molecule is CCCc1cc(C(=O)C(C)(C)CC(=O)O)ccc1SCCCOc1ccc(C(C)=O)c(O)c1CCC. The number of benzene rings is 2. The molecule has 0 aromatic heterocycles. The molecule has 0 saturated heterocycles. The maximum Gasteiger partial charge on any atom is 0.304 e. The number of carboxylic acids is 1. The zero-order chi connectivity index (χ0) is 26.9. The lowest BCUT2D eigenvalue weighted by atomic mass is 9.81. The molecule has 0 spiro atoms. The smallest absolute Gasteiger partial charge is 0.304 e. The first-order valence-corrected chi connectivity index (χ1v) is 13.5. The number of aromatic hydroxyl groups is 1. The molecule has 36 heavy (non-hydrogen) atoms. The number of hydrogen-bond donors (Lipinski definition) is 2. The number of Topliss-reactive ketones (excluding diaryl/α,β-unsaturated/α-hetero) is 2. The van der Waals surface area contributed by atoms with Gasteiger partial charge >= 0.3 is 5.97 Å². The van der Waals surface area contributed by atoms with Gasteiger partial charge in [-0.05, 0) is 56.0 Å². The van der Waals surface area contributed by atoms with Gasteiger partial charge < -0.3 is 14.9 Å². The first-order valence-electron chi connectivity index (χ1n) is 12.5. The summed E-state index contributed by atoms with van der Waals surface area (Å²) in [5.74, 6) is 0.130. The van der Waals surface area contributed by atoms with Crippen molar-refractivity contribution in [2.45, 2.75) is 78.0 Å². The van der Waals surface area contributed by atoms with E-state index < -0.39 is 11.4 Å². The van der Waals surface area contributed by atoms with E-state index in [0.29, 0.717) is 35.5 Å². The molecule has 2 rings (SSSR count). The molecule has 0 unspecified atom stereocenters. The Morgan fingerprint density at radius 3 is 2.33 bits per heavy atom. The van der Waals surface area contributed by atoms with E-state index in [-0.39, 0.29) is 23.7 Å². The summed E-state index contributed by atoms with van der Waals surface area (Å²) >= 11 is 1.71. The Morgan fingerprint density at radius 1 is 1.03 bits per heavy atom. The van der Waals surface area contributed by atoms with Crippen LogP contribution in [0.5, 0.6) is 11.5 Å². The number of ether oxygens (including phenoxy) is 1. The molecule has 0 aliphatic carbocycles. The summed E-state index contributed by atoms with van der Waals surface area (Å²) in [6.45, 7) is 9.36. The van der Waals surface area contributed by atoms with Crippen LogP contribution >= 0.6 is 11.8 Å². The molecule has 0 aliphatic rings. The van der Waals surface area contributed by atoms with E-state index in [1.807, 2.05) is 19.1 Å². The highest BCUT2D eigenvalue weighted by molar-refractivity contribution is 7.99. The van der Waals surface area contributed by atoms with E-state index in [2.05, 4.69) is 6.92 Å². The summed E-state index contributed by atoms with van der Waals surface area (Å²) in [5.41, 5.74) is 1.67. The first kappa shape index (κ1) is 29.4. The van der Waals surface area contributed by atoms with Gasteiger partial charge in [0, 0.05) is 27.2 Å². The third-order valence-electron chi connectivity index (χ3n) is 5.97. The average Bonchev–Trinajstić information content (AvgIpc) is 2.80. The second-order valence-corrected chi connectivity index (χ2v) is 10.8. The summed E-state index contributed by atoms with van der Waals surface area (Å²) in [6.07, 6.45) is 3.80. The highest BCUT2D eigenvalue weighted by Gasteiger charge is 2.31. The van der Waals surface area contributed by atoms with Gasteiger partial charge in [-0.1, -0.05) is 46.6 Å². The third-order valence-corrected chi connectivity index (χ3v) is 7.17. The van der Waals surface area contributed by atoms with Crippen LogP contribution in [-0.2, 0) is 17.6 Å². The van der Waals surface area contributed by atoms with E-state index in [1.54, 1.807) is 43.8 Å². The van der Waals surface area contributed by atoms with Crippen molar-refractivity contribution in [2.24, 2.45) is 5.41 Å². The van der Waals surface area contributed by atoms with Crippen molar-refractivity contribution in [1.29, 1.82) is 0 Å². The second-order valence-electron chi connectivity index (χ2n) is 9.65. The monoisotopic (exact) mass is 514 g/mol. The quantitative estimate of drug-likeness (QED) is 0.154. The highest BCUT2D eigenvalue weighted by atomic mass is 32.2. The molecule has 6 nitrogen and oxygen atoms in total. The number of carboxylic acid groups (broad SMARTS) is 1. The minimum Gasteiger partial charge on any atom is -0.507 e. The summed E-state index contributed by atoms with van der Waals surface area (Å²) in [6, 6.07) is 9.03. The Hall–Kier alpha value is -2.80. The lowest BCUT2D eigenvalue weighted by molar-refractivity contribution is -0.138. The van der Waals surface area contributed by atoms with Crippen LogP contribution in [0, 0.1) is 5.41 Å². The second kappa shape index (κ2) is 13.5. The van der Waals surface area contributed by atoms with Crippen LogP contribution < -0.4 is 4.74 Å². The number of ketones is 2. The summed E-state index contributed by atoms with van der Waals surface area (Å²) in [7, 11) is 0. The van der Waals surface area contributed by atoms with Crippen molar-refractivity contribution in [2.75, 3.05) is 12.4 Å². The summed E-state index contributed by atoms with van der Waals surface area (Å²) in [4.78, 5) is 36.9. The predicted molar refractivity (Wildman–Crippen MR) is 144 cm³/mol. The standard InChI is InChI=1S/C29H38O6S/c1-6-9-20-17-21(28(34)29(4,5)18-26(31)32)11-14-25(20)36-16-8-15-35-24-13-12-22(19(3)30)27(33)23(24)10-7-2/h11-14,17,33H,6-10,15-16,18H2,1-5H3,(H,31,32). The average molecular weight is 515 g/mol. The molecule has 0 amide bonds. The molecule has 2 N–H and O–H groups in total. The van der Waals surface area contributed by atoms with Crippen LogP contribution in [0.1, 0.15) is 92.1 Å². The zero-order valence-electron chi connectivity index (χ0n) is 22.0. The first-order chi connectivity index (χ1) is 17.0. The van der Waals surface area contributed by atoms with Gasteiger partial charge in [0.15, 0.2) is 11.6 Å². The molecule has 2 aromatic carbocycles. The van der Waals surface area contributed by atoms with Crippen molar-refractivity contribution >= 4 is 29.3 Å². The largest absolute Gasteiger partial charge is 0.507 e. The number of carbonyl (C=O) groups excluding carboxylic acids is 2. The van der Waals surface area contributed by atoms with Crippen molar-refractivity contribution in [3.63, 3.8) is 0 Å². The Morgan fingerprint density at radius 2 is 1.72 bits per heavy atom. The number of hydrogen-bond acceptors (Lipinski definition) is 6. The molecule has 196 valence electrons. The van der Waals surface area contributed by atoms with E-state index in [1.165, 1.54) is 6.92 Å². The maximum absolute atomic E-state index is 12.9. The van der Waals surface area contributed by atoms with Crippen LogP contribution in [0.15, 0.2) is 35.2 Å². The van der Waals surface area contributed by atoms with Crippen LogP contribution in [0.3, 0.4) is 0 Å². The molecular weight excluding hydrogens is 476 g/mol.